The first-order valence-corrected chi connectivity index (χ1v) is 7.60. The van der Waals surface area contributed by atoms with E-state index in [1.54, 1.807) is 36.4 Å². The molecule has 2 rings (SSSR count). The van der Waals surface area contributed by atoms with Gasteiger partial charge in [0.2, 0.25) is 0 Å². The maximum absolute atomic E-state index is 10.6. The third kappa shape index (κ3) is 4.63. The van der Waals surface area contributed by atoms with E-state index in [1.165, 1.54) is 0 Å². The highest BCUT2D eigenvalue weighted by Gasteiger charge is 2.04. The SMILES string of the molecule is O=Cc1ccc(OCCOc2ccc(Cl)cc2Cl)c(Br)c1. The minimum Gasteiger partial charge on any atom is -0.489 e. The molecule has 0 radical (unpaired) electrons. The van der Waals surface area contributed by atoms with Gasteiger partial charge in [0, 0.05) is 10.6 Å². The first kappa shape index (κ1) is 16.1. The molecule has 0 unspecified atom stereocenters. The van der Waals surface area contributed by atoms with Crippen molar-refractivity contribution in [3.8, 4) is 11.5 Å². The van der Waals surface area contributed by atoms with Gasteiger partial charge in [-0.2, -0.15) is 0 Å². The van der Waals surface area contributed by atoms with Crippen molar-refractivity contribution in [3.05, 3.63) is 56.5 Å². The van der Waals surface area contributed by atoms with Gasteiger partial charge < -0.3 is 9.47 Å². The highest BCUT2D eigenvalue weighted by Crippen LogP contribution is 2.28. The van der Waals surface area contributed by atoms with E-state index in [0.717, 1.165) is 10.8 Å². The van der Waals surface area contributed by atoms with E-state index in [0.29, 0.717) is 40.3 Å². The van der Waals surface area contributed by atoms with Crippen molar-refractivity contribution in [1.29, 1.82) is 0 Å². The van der Waals surface area contributed by atoms with Gasteiger partial charge in [-0.05, 0) is 52.3 Å². The minimum absolute atomic E-state index is 0.337. The predicted molar refractivity (Wildman–Crippen MR) is 87.0 cm³/mol. The molecule has 0 spiro atoms. The molecule has 0 aliphatic carbocycles. The van der Waals surface area contributed by atoms with E-state index in [2.05, 4.69) is 15.9 Å². The zero-order valence-corrected chi connectivity index (χ0v) is 13.9. The quantitative estimate of drug-likeness (QED) is 0.513. The molecule has 0 aliphatic rings. The summed E-state index contributed by atoms with van der Waals surface area (Å²) in [7, 11) is 0. The van der Waals surface area contributed by atoms with Crippen molar-refractivity contribution in [2.24, 2.45) is 0 Å². The molecule has 0 aliphatic heterocycles. The molecule has 0 aromatic heterocycles. The summed E-state index contributed by atoms with van der Waals surface area (Å²) in [4.78, 5) is 10.6. The van der Waals surface area contributed by atoms with Crippen LogP contribution < -0.4 is 9.47 Å². The number of hydrogen-bond donors (Lipinski definition) is 0. The van der Waals surface area contributed by atoms with Crippen LogP contribution in [0.2, 0.25) is 10.0 Å². The average molecular weight is 390 g/mol. The molecule has 0 bridgehead atoms. The van der Waals surface area contributed by atoms with Gasteiger partial charge in [0.25, 0.3) is 0 Å². The van der Waals surface area contributed by atoms with E-state index in [9.17, 15) is 4.79 Å². The fourth-order valence-corrected chi connectivity index (χ4v) is 2.58. The summed E-state index contributed by atoms with van der Waals surface area (Å²) in [5.74, 6) is 1.20. The molecule has 0 amide bonds. The Kier molecular flexibility index (Phi) is 5.91. The lowest BCUT2D eigenvalue weighted by Gasteiger charge is -2.11. The van der Waals surface area contributed by atoms with Crippen LogP contribution in [0, 0.1) is 0 Å². The number of aldehydes is 1. The van der Waals surface area contributed by atoms with Gasteiger partial charge in [0.15, 0.2) is 0 Å². The molecule has 0 heterocycles. The molecule has 3 nitrogen and oxygen atoms in total. The van der Waals surface area contributed by atoms with Gasteiger partial charge in [-0.25, -0.2) is 0 Å². The maximum atomic E-state index is 10.6. The van der Waals surface area contributed by atoms with E-state index >= 15 is 0 Å². The topological polar surface area (TPSA) is 35.5 Å². The van der Waals surface area contributed by atoms with Crippen LogP contribution in [0.1, 0.15) is 10.4 Å². The number of carbonyl (C=O) groups excluding carboxylic acids is 1. The van der Waals surface area contributed by atoms with Crippen LogP contribution in [0.5, 0.6) is 11.5 Å². The predicted octanol–water partition coefficient (Wildman–Crippen LogP) is 5.03. The molecule has 0 N–H and O–H groups in total. The smallest absolute Gasteiger partial charge is 0.150 e. The molecular weight excluding hydrogens is 379 g/mol. The highest BCUT2D eigenvalue weighted by molar-refractivity contribution is 9.10. The van der Waals surface area contributed by atoms with E-state index in [1.807, 2.05) is 0 Å². The Morgan fingerprint density at radius 3 is 2.29 bits per heavy atom. The Morgan fingerprint density at radius 1 is 1.00 bits per heavy atom. The maximum Gasteiger partial charge on any atom is 0.150 e. The molecule has 0 fully saturated rings. The van der Waals surface area contributed by atoms with E-state index < -0.39 is 0 Å². The summed E-state index contributed by atoms with van der Waals surface area (Å²) >= 11 is 15.1. The Balaban J connectivity index is 1.86. The Morgan fingerprint density at radius 2 is 1.67 bits per heavy atom. The average Bonchev–Trinajstić information content (AvgIpc) is 2.46. The molecule has 0 atom stereocenters. The van der Waals surface area contributed by atoms with Crippen molar-refractivity contribution in [1.82, 2.24) is 0 Å². The second kappa shape index (κ2) is 7.69. The zero-order chi connectivity index (χ0) is 15.2. The lowest BCUT2D eigenvalue weighted by molar-refractivity contribution is 0.112. The third-order valence-corrected chi connectivity index (χ3v) is 3.73. The normalized spacial score (nSPS) is 10.2. The molecule has 2 aromatic carbocycles. The number of benzene rings is 2. The van der Waals surface area contributed by atoms with Crippen molar-refractivity contribution in [3.63, 3.8) is 0 Å². The second-order valence-corrected chi connectivity index (χ2v) is 5.78. The van der Waals surface area contributed by atoms with Gasteiger partial charge in [0.05, 0.1) is 9.50 Å². The monoisotopic (exact) mass is 388 g/mol. The van der Waals surface area contributed by atoms with Crippen molar-refractivity contribution in [2.75, 3.05) is 13.2 Å². The molecule has 110 valence electrons. The molecular formula is C15H11BrCl2O3. The van der Waals surface area contributed by atoms with Crippen LogP contribution in [-0.4, -0.2) is 19.5 Å². The van der Waals surface area contributed by atoms with E-state index in [4.69, 9.17) is 32.7 Å². The summed E-state index contributed by atoms with van der Waals surface area (Å²) in [5, 5.41) is 1.02. The number of rotatable bonds is 6. The molecule has 2 aromatic rings. The largest absolute Gasteiger partial charge is 0.489 e. The van der Waals surface area contributed by atoms with Crippen LogP contribution in [0.15, 0.2) is 40.9 Å². The molecule has 21 heavy (non-hydrogen) atoms. The number of hydrogen-bond acceptors (Lipinski definition) is 3. The first-order valence-electron chi connectivity index (χ1n) is 6.05. The molecule has 0 saturated carbocycles. The van der Waals surface area contributed by atoms with Gasteiger partial charge in [-0.15, -0.1) is 0 Å². The van der Waals surface area contributed by atoms with Crippen molar-refractivity contribution >= 4 is 45.4 Å². The first-order chi connectivity index (χ1) is 10.1. The van der Waals surface area contributed by atoms with Crippen LogP contribution in [0.3, 0.4) is 0 Å². The number of halogens is 3. The van der Waals surface area contributed by atoms with Crippen LogP contribution in [0.4, 0.5) is 0 Å². The van der Waals surface area contributed by atoms with Gasteiger partial charge in [0.1, 0.15) is 31.0 Å². The van der Waals surface area contributed by atoms with Gasteiger partial charge in [-0.1, -0.05) is 23.2 Å². The standard InChI is InChI=1S/C15H11BrCl2O3/c16-12-7-10(9-19)1-3-14(12)20-5-6-21-15-4-2-11(17)8-13(15)18/h1-4,7-9H,5-6H2. The highest BCUT2D eigenvalue weighted by atomic mass is 79.9. The van der Waals surface area contributed by atoms with Crippen LogP contribution in [0.25, 0.3) is 0 Å². The van der Waals surface area contributed by atoms with Gasteiger partial charge in [-0.3, -0.25) is 4.79 Å². The third-order valence-electron chi connectivity index (χ3n) is 2.58. The van der Waals surface area contributed by atoms with Gasteiger partial charge >= 0.3 is 0 Å². The van der Waals surface area contributed by atoms with Crippen LogP contribution >= 0.6 is 39.1 Å². The number of carbonyl (C=O) groups is 1. The summed E-state index contributed by atoms with van der Waals surface area (Å²) < 4.78 is 11.8. The Hall–Kier alpha value is -1.23. The lowest BCUT2D eigenvalue weighted by atomic mass is 10.2. The fourth-order valence-electron chi connectivity index (χ4n) is 1.60. The second-order valence-electron chi connectivity index (χ2n) is 4.08. The summed E-state index contributed by atoms with van der Waals surface area (Å²) in [6.07, 6.45) is 0.778. The summed E-state index contributed by atoms with van der Waals surface area (Å²) in [6.45, 7) is 0.682. The van der Waals surface area contributed by atoms with Crippen molar-refractivity contribution in [2.45, 2.75) is 0 Å². The lowest BCUT2D eigenvalue weighted by Crippen LogP contribution is -2.09. The Labute approximate surface area is 140 Å². The summed E-state index contributed by atoms with van der Waals surface area (Å²) in [5.41, 5.74) is 0.582. The van der Waals surface area contributed by atoms with Crippen molar-refractivity contribution < 1.29 is 14.3 Å². The molecule has 6 heteroatoms. The zero-order valence-electron chi connectivity index (χ0n) is 10.8. The number of ether oxygens (including phenoxy) is 2. The van der Waals surface area contributed by atoms with E-state index in [-0.39, 0.29) is 0 Å². The minimum atomic E-state index is 0.337. The molecule has 0 saturated heterocycles. The fraction of sp³-hybridized carbons (Fsp3) is 0.133. The summed E-state index contributed by atoms with van der Waals surface area (Å²) in [6, 6.07) is 10.1. The van der Waals surface area contributed by atoms with Crippen LogP contribution in [-0.2, 0) is 0 Å². The Bertz CT molecular complexity index is 647.